The first-order valence-corrected chi connectivity index (χ1v) is 13.2. The topological polar surface area (TPSA) is 118 Å². The quantitative estimate of drug-likeness (QED) is 0.433. The fourth-order valence-electron chi connectivity index (χ4n) is 5.73. The number of amides is 2. The summed E-state index contributed by atoms with van der Waals surface area (Å²) in [7, 11) is 6.37. The number of thiazole rings is 1. The number of aliphatic hydroxyl groups excluding tert-OH is 1. The van der Waals surface area contributed by atoms with Crippen molar-refractivity contribution >= 4 is 47.5 Å². The summed E-state index contributed by atoms with van der Waals surface area (Å²) >= 11 is 1.29. The number of benzene rings is 2. The van der Waals surface area contributed by atoms with Gasteiger partial charge in [-0.25, -0.2) is 9.78 Å². The van der Waals surface area contributed by atoms with Crippen molar-refractivity contribution in [1.82, 2.24) is 9.88 Å². The Kier molecular flexibility index (Phi) is 6.72. The molecule has 2 fully saturated rings. The summed E-state index contributed by atoms with van der Waals surface area (Å²) in [5.74, 6) is -0.417. The van der Waals surface area contributed by atoms with Gasteiger partial charge in [0.15, 0.2) is 5.13 Å². The number of anilines is 2. The smallest absolute Gasteiger partial charge is 0.410 e. The molecule has 0 spiro atoms. The molecule has 3 heterocycles. The van der Waals surface area contributed by atoms with E-state index in [-0.39, 0.29) is 30.3 Å². The first-order chi connectivity index (χ1) is 17.6. The molecule has 4 N–H and O–H groups in total. The molecule has 0 bridgehead atoms. The first-order valence-electron chi connectivity index (χ1n) is 12.3. The third-order valence-corrected chi connectivity index (χ3v) is 8.02. The number of carbonyl (C=O) groups is 2. The summed E-state index contributed by atoms with van der Waals surface area (Å²) in [4.78, 5) is 31.4. The summed E-state index contributed by atoms with van der Waals surface area (Å²) < 4.78 is 5.92. The highest BCUT2D eigenvalue weighted by Gasteiger charge is 2.55. The molecule has 1 aromatic heterocycles. The van der Waals surface area contributed by atoms with Crippen molar-refractivity contribution in [3.05, 3.63) is 70.7 Å². The van der Waals surface area contributed by atoms with E-state index in [1.807, 2.05) is 56.3 Å². The Morgan fingerprint density at radius 1 is 1.30 bits per heavy atom. The Bertz CT molecular complexity index is 1310. The fourth-order valence-corrected chi connectivity index (χ4v) is 6.29. The minimum Gasteiger partial charge on any atom is -0.443 e. The highest BCUT2D eigenvalue weighted by atomic mass is 32.1. The van der Waals surface area contributed by atoms with Gasteiger partial charge < -0.3 is 20.9 Å². The molecule has 37 heavy (non-hydrogen) atoms. The van der Waals surface area contributed by atoms with E-state index < -0.39 is 17.8 Å². The fraction of sp³-hybridized carbons (Fsp3) is 0.370. The van der Waals surface area contributed by atoms with E-state index in [4.69, 9.17) is 18.3 Å². The van der Waals surface area contributed by atoms with E-state index in [2.05, 4.69) is 10.3 Å². The number of rotatable bonds is 6. The largest absolute Gasteiger partial charge is 0.443 e. The van der Waals surface area contributed by atoms with Crippen LogP contribution in [0.3, 0.4) is 0 Å². The molecule has 1 unspecified atom stereocenters. The molecule has 2 amide bonds. The number of carbonyl (C=O) groups excluding carboxylic acids is 2. The summed E-state index contributed by atoms with van der Waals surface area (Å²) in [6.45, 7) is 3.80. The van der Waals surface area contributed by atoms with Gasteiger partial charge in [-0.05, 0) is 43.9 Å². The van der Waals surface area contributed by atoms with E-state index in [0.717, 1.165) is 17.5 Å². The van der Waals surface area contributed by atoms with Crippen molar-refractivity contribution in [3.8, 4) is 0 Å². The van der Waals surface area contributed by atoms with Gasteiger partial charge in [0.2, 0.25) is 5.91 Å². The lowest BCUT2D eigenvalue weighted by Crippen LogP contribution is -2.58. The molecule has 2 radical (unpaired) electrons. The van der Waals surface area contributed by atoms with E-state index in [1.165, 1.54) is 11.3 Å². The average Bonchev–Trinajstić information content (AvgIpc) is 3.46. The van der Waals surface area contributed by atoms with Crippen LogP contribution in [0.15, 0.2) is 53.9 Å². The number of aliphatic hydroxyl groups is 1. The van der Waals surface area contributed by atoms with Crippen LogP contribution in [0.25, 0.3) is 0 Å². The maximum Gasteiger partial charge on any atom is 0.410 e. The van der Waals surface area contributed by atoms with E-state index in [1.54, 1.807) is 16.3 Å². The number of nitrogens with one attached hydrogen (secondary N) is 1. The Hall–Kier alpha value is -3.37. The molecule has 190 valence electrons. The van der Waals surface area contributed by atoms with Crippen LogP contribution in [0.5, 0.6) is 0 Å². The lowest BCUT2D eigenvalue weighted by atomic mass is 9.75. The van der Waals surface area contributed by atoms with Crippen LogP contribution in [0.4, 0.5) is 15.6 Å². The lowest BCUT2D eigenvalue weighted by Gasteiger charge is -2.48. The van der Waals surface area contributed by atoms with Gasteiger partial charge in [0.25, 0.3) is 0 Å². The standard InChI is InChI=1S/C27H29BN4O4S/c1-27(2)23(16-8-9-19(18(28)12-16)31-22(33)13-17-14-37-25(29)30-17)20-10-11-21(32(20)26(35)36-27)24(34)15-6-4-3-5-7-15/h3-9,12,14,20-21,23-24,34H,10-11,13H2,1-2H3,(H2,29,30)(H,31,33)/t20-,21-,23?,24-/m1/s1. The number of hydrogen-bond acceptors (Lipinski definition) is 7. The van der Waals surface area contributed by atoms with Crippen LogP contribution < -0.4 is 16.5 Å². The van der Waals surface area contributed by atoms with Gasteiger partial charge in [-0.15, -0.1) is 11.3 Å². The maximum absolute atomic E-state index is 13.1. The highest BCUT2D eigenvalue weighted by Crippen LogP contribution is 2.48. The predicted octanol–water partition coefficient (Wildman–Crippen LogP) is 3.28. The molecule has 2 saturated heterocycles. The van der Waals surface area contributed by atoms with Crippen molar-refractivity contribution in [1.29, 1.82) is 0 Å². The zero-order valence-corrected chi connectivity index (χ0v) is 21.6. The third kappa shape index (κ3) is 4.95. The van der Waals surface area contributed by atoms with E-state index in [9.17, 15) is 14.7 Å². The zero-order valence-electron chi connectivity index (χ0n) is 20.8. The van der Waals surface area contributed by atoms with Crippen molar-refractivity contribution in [3.63, 3.8) is 0 Å². The second-order valence-electron chi connectivity index (χ2n) is 10.2. The molecule has 8 nitrogen and oxygen atoms in total. The van der Waals surface area contributed by atoms with Crippen molar-refractivity contribution in [2.75, 3.05) is 11.1 Å². The normalized spacial score (nSPS) is 23.3. The van der Waals surface area contributed by atoms with Gasteiger partial charge in [-0.1, -0.05) is 47.9 Å². The average molecular weight is 516 g/mol. The van der Waals surface area contributed by atoms with Gasteiger partial charge in [-0.2, -0.15) is 0 Å². The van der Waals surface area contributed by atoms with Crippen LogP contribution in [-0.2, 0) is 16.0 Å². The first kappa shape index (κ1) is 25.3. The second kappa shape index (κ2) is 9.83. The monoisotopic (exact) mass is 516 g/mol. The van der Waals surface area contributed by atoms with Gasteiger partial charge in [0.1, 0.15) is 13.4 Å². The maximum atomic E-state index is 13.1. The van der Waals surface area contributed by atoms with Gasteiger partial charge in [-0.3, -0.25) is 9.69 Å². The summed E-state index contributed by atoms with van der Waals surface area (Å²) in [6.07, 6.45) is 0.266. The van der Waals surface area contributed by atoms with Crippen LogP contribution in [0.1, 0.15) is 55.5 Å². The minimum absolute atomic E-state index is 0.0999. The number of nitrogen functional groups attached to an aromatic ring is 1. The predicted molar refractivity (Wildman–Crippen MR) is 144 cm³/mol. The SMILES string of the molecule is [B]c1cc(C2[C@H]3CC[C@H]([C@H](O)c4ccccc4)N3C(=O)OC2(C)C)ccc1NC(=O)Cc1csc(N)n1. The van der Waals surface area contributed by atoms with Crippen LogP contribution in [0.2, 0.25) is 0 Å². The molecule has 10 heteroatoms. The summed E-state index contributed by atoms with van der Waals surface area (Å²) in [5.41, 5.74) is 8.07. The number of nitrogens with two attached hydrogens (primary N) is 1. The molecule has 5 rings (SSSR count). The van der Waals surface area contributed by atoms with Crippen LogP contribution >= 0.6 is 11.3 Å². The number of nitrogens with zero attached hydrogens (tertiary/aromatic N) is 2. The lowest BCUT2D eigenvalue weighted by molar-refractivity contribution is -0.115. The third-order valence-electron chi connectivity index (χ3n) is 7.29. The summed E-state index contributed by atoms with van der Waals surface area (Å²) in [6, 6.07) is 14.4. The number of aromatic nitrogens is 1. The molecule has 2 aromatic carbocycles. The summed E-state index contributed by atoms with van der Waals surface area (Å²) in [5, 5.41) is 16.1. The molecule has 2 aliphatic heterocycles. The van der Waals surface area contributed by atoms with Crippen LogP contribution in [0, 0.1) is 0 Å². The zero-order chi connectivity index (χ0) is 26.3. The number of fused-ring (bicyclic) bond motifs is 1. The van der Waals surface area contributed by atoms with Crippen molar-refractivity contribution in [2.45, 2.75) is 62.8 Å². The Labute approximate surface area is 221 Å². The van der Waals surface area contributed by atoms with Gasteiger partial charge >= 0.3 is 6.09 Å². The number of ether oxygens (including phenoxy) is 1. The molecule has 0 aliphatic carbocycles. The van der Waals surface area contributed by atoms with Gasteiger partial charge in [0.05, 0.1) is 24.3 Å². The van der Waals surface area contributed by atoms with Crippen molar-refractivity contribution < 1.29 is 19.4 Å². The van der Waals surface area contributed by atoms with E-state index >= 15 is 0 Å². The molecular weight excluding hydrogens is 487 g/mol. The molecule has 3 aromatic rings. The van der Waals surface area contributed by atoms with Crippen LogP contribution in [-0.4, -0.2) is 52.5 Å². The highest BCUT2D eigenvalue weighted by molar-refractivity contribution is 7.13. The molecular formula is C27H29BN4O4S. The van der Waals surface area contributed by atoms with E-state index in [0.29, 0.717) is 28.4 Å². The molecule has 2 aliphatic rings. The minimum atomic E-state index is -0.809. The van der Waals surface area contributed by atoms with Gasteiger partial charge in [0, 0.05) is 23.0 Å². The Balaban J connectivity index is 1.37. The molecule has 0 saturated carbocycles. The second-order valence-corrected chi connectivity index (χ2v) is 11.1. The Morgan fingerprint density at radius 3 is 2.73 bits per heavy atom. The number of hydrogen-bond donors (Lipinski definition) is 3. The Morgan fingerprint density at radius 2 is 2.05 bits per heavy atom. The number of cyclic esters (lactones) is 1. The molecule has 4 atom stereocenters. The van der Waals surface area contributed by atoms with Crippen molar-refractivity contribution in [2.24, 2.45) is 0 Å².